The van der Waals surface area contributed by atoms with E-state index < -0.39 is 0 Å². The molecule has 0 unspecified atom stereocenters. The van der Waals surface area contributed by atoms with Crippen molar-refractivity contribution in [1.82, 2.24) is 9.88 Å². The Bertz CT molecular complexity index is 663. The lowest BCUT2D eigenvalue weighted by Gasteiger charge is -2.24. The molecule has 0 saturated heterocycles. The topological polar surface area (TPSA) is 45.2 Å². The second kappa shape index (κ2) is 8.65. The molecule has 0 aliphatic heterocycles. The van der Waals surface area contributed by atoms with E-state index in [0.717, 1.165) is 11.3 Å². The van der Waals surface area contributed by atoms with Crippen LogP contribution in [0, 0.1) is 0 Å². The van der Waals surface area contributed by atoms with E-state index in [1.54, 1.807) is 6.20 Å². The number of nitrogens with zero attached hydrogens (tertiary/aromatic N) is 2. The van der Waals surface area contributed by atoms with E-state index in [1.165, 1.54) is 32.1 Å². The van der Waals surface area contributed by atoms with E-state index >= 15 is 0 Å². The molecular formula is C21H27N3O. The van der Waals surface area contributed by atoms with Crippen LogP contribution in [0.5, 0.6) is 0 Å². The number of benzene rings is 1. The number of carbonyl (C=O) groups excluding carboxylic acids is 1. The van der Waals surface area contributed by atoms with Crippen LogP contribution in [-0.4, -0.2) is 28.4 Å². The molecular weight excluding hydrogens is 310 g/mol. The van der Waals surface area contributed by atoms with Crippen LogP contribution >= 0.6 is 0 Å². The molecule has 4 nitrogen and oxygen atoms in total. The highest BCUT2D eigenvalue weighted by Crippen LogP contribution is 2.21. The van der Waals surface area contributed by atoms with Gasteiger partial charge in [-0.2, -0.15) is 0 Å². The summed E-state index contributed by atoms with van der Waals surface area (Å²) in [5.41, 5.74) is 2.65. The first-order valence-electron chi connectivity index (χ1n) is 9.32. The maximum atomic E-state index is 12.7. The van der Waals surface area contributed by atoms with Crippen molar-refractivity contribution in [2.75, 3.05) is 11.9 Å². The molecule has 1 aliphatic carbocycles. The van der Waals surface area contributed by atoms with Gasteiger partial charge in [-0.05, 0) is 37.5 Å². The van der Waals surface area contributed by atoms with Crippen LogP contribution in [0.3, 0.4) is 0 Å². The smallest absolute Gasteiger partial charge is 0.272 e. The zero-order valence-corrected chi connectivity index (χ0v) is 14.9. The third kappa shape index (κ3) is 4.81. The molecule has 132 valence electrons. The maximum Gasteiger partial charge on any atom is 0.272 e. The second-order valence-electron chi connectivity index (χ2n) is 6.72. The number of rotatable bonds is 6. The summed E-state index contributed by atoms with van der Waals surface area (Å²) in [7, 11) is 0. The first kappa shape index (κ1) is 17.5. The number of aromatic nitrogens is 1. The van der Waals surface area contributed by atoms with Gasteiger partial charge in [0, 0.05) is 19.1 Å². The van der Waals surface area contributed by atoms with E-state index in [0.29, 0.717) is 24.8 Å². The molecule has 1 fully saturated rings. The van der Waals surface area contributed by atoms with Crippen LogP contribution in [0.1, 0.15) is 55.1 Å². The summed E-state index contributed by atoms with van der Waals surface area (Å²) in [4.78, 5) is 19.0. The SMILES string of the molecule is CCN(Cc1ccccc1)C(=O)c1ccc(NC2CCCCC2)cn1. The zero-order valence-electron chi connectivity index (χ0n) is 14.9. The van der Waals surface area contributed by atoms with E-state index in [9.17, 15) is 4.79 Å². The molecule has 4 heteroatoms. The van der Waals surface area contributed by atoms with E-state index in [4.69, 9.17) is 0 Å². The predicted molar refractivity (Wildman–Crippen MR) is 102 cm³/mol. The zero-order chi connectivity index (χ0) is 17.5. The Hall–Kier alpha value is -2.36. The summed E-state index contributed by atoms with van der Waals surface area (Å²) in [5, 5.41) is 3.54. The summed E-state index contributed by atoms with van der Waals surface area (Å²) in [6, 6.07) is 14.4. The molecule has 25 heavy (non-hydrogen) atoms. The van der Waals surface area contributed by atoms with Gasteiger partial charge in [0.25, 0.3) is 5.91 Å². The van der Waals surface area contributed by atoms with Crippen LogP contribution in [0.2, 0.25) is 0 Å². The Labute approximate surface area is 150 Å². The molecule has 1 aliphatic rings. The highest BCUT2D eigenvalue weighted by Gasteiger charge is 2.17. The Morgan fingerprint density at radius 3 is 2.52 bits per heavy atom. The Kier molecular flexibility index (Phi) is 6.04. The number of anilines is 1. The lowest BCUT2D eigenvalue weighted by Crippen LogP contribution is -2.31. The van der Waals surface area contributed by atoms with Crippen LogP contribution in [0.4, 0.5) is 5.69 Å². The molecule has 0 bridgehead atoms. The quantitative estimate of drug-likeness (QED) is 0.845. The molecule has 2 aromatic rings. The first-order valence-corrected chi connectivity index (χ1v) is 9.32. The fourth-order valence-corrected chi connectivity index (χ4v) is 3.38. The maximum absolute atomic E-state index is 12.7. The van der Waals surface area contributed by atoms with Gasteiger partial charge in [0.1, 0.15) is 5.69 Å². The molecule has 3 rings (SSSR count). The predicted octanol–water partition coefficient (Wildman–Crippen LogP) is 4.49. The van der Waals surface area contributed by atoms with Crippen molar-refractivity contribution < 1.29 is 4.79 Å². The lowest BCUT2D eigenvalue weighted by atomic mass is 9.95. The fraction of sp³-hybridized carbons (Fsp3) is 0.429. The number of hydrogen-bond donors (Lipinski definition) is 1. The average Bonchev–Trinajstić information content (AvgIpc) is 2.68. The number of hydrogen-bond acceptors (Lipinski definition) is 3. The lowest BCUT2D eigenvalue weighted by molar-refractivity contribution is 0.0746. The van der Waals surface area contributed by atoms with Crippen LogP contribution in [0.25, 0.3) is 0 Å². The third-order valence-corrected chi connectivity index (χ3v) is 4.84. The molecule has 1 aromatic heterocycles. The van der Waals surface area contributed by atoms with E-state index in [1.807, 2.05) is 54.3 Å². The van der Waals surface area contributed by atoms with Gasteiger partial charge in [0.2, 0.25) is 0 Å². The van der Waals surface area contributed by atoms with Crippen molar-refractivity contribution >= 4 is 11.6 Å². The van der Waals surface area contributed by atoms with Crippen molar-refractivity contribution in [1.29, 1.82) is 0 Å². The average molecular weight is 337 g/mol. The van der Waals surface area contributed by atoms with Gasteiger partial charge in [-0.3, -0.25) is 4.79 Å². The Morgan fingerprint density at radius 1 is 1.12 bits per heavy atom. The van der Waals surface area contributed by atoms with Gasteiger partial charge in [-0.1, -0.05) is 49.6 Å². The second-order valence-corrected chi connectivity index (χ2v) is 6.72. The number of carbonyl (C=O) groups is 1. The van der Waals surface area contributed by atoms with E-state index in [-0.39, 0.29) is 5.91 Å². The molecule has 1 saturated carbocycles. The van der Waals surface area contributed by atoms with E-state index in [2.05, 4.69) is 10.3 Å². The Balaban J connectivity index is 1.62. The summed E-state index contributed by atoms with van der Waals surface area (Å²) in [6.07, 6.45) is 8.18. The minimum Gasteiger partial charge on any atom is -0.381 e. The molecule has 1 heterocycles. The summed E-state index contributed by atoms with van der Waals surface area (Å²) < 4.78 is 0. The van der Waals surface area contributed by atoms with Crippen molar-refractivity contribution in [2.24, 2.45) is 0 Å². The fourth-order valence-electron chi connectivity index (χ4n) is 3.38. The minimum atomic E-state index is -0.0180. The molecule has 1 aromatic carbocycles. The molecule has 1 N–H and O–H groups in total. The summed E-state index contributed by atoms with van der Waals surface area (Å²) in [6.45, 7) is 3.28. The van der Waals surface area contributed by atoms with Crippen LogP contribution in [0.15, 0.2) is 48.7 Å². The highest BCUT2D eigenvalue weighted by atomic mass is 16.2. The monoisotopic (exact) mass is 337 g/mol. The minimum absolute atomic E-state index is 0.0180. The van der Waals surface area contributed by atoms with Gasteiger partial charge in [0.15, 0.2) is 0 Å². The van der Waals surface area contributed by atoms with Crippen molar-refractivity contribution in [2.45, 2.75) is 51.6 Å². The molecule has 0 spiro atoms. The molecule has 0 radical (unpaired) electrons. The highest BCUT2D eigenvalue weighted by molar-refractivity contribution is 5.92. The Morgan fingerprint density at radius 2 is 1.88 bits per heavy atom. The normalized spacial score (nSPS) is 14.9. The van der Waals surface area contributed by atoms with Crippen LogP contribution in [-0.2, 0) is 6.54 Å². The summed E-state index contributed by atoms with van der Waals surface area (Å²) in [5.74, 6) is -0.0180. The largest absolute Gasteiger partial charge is 0.381 e. The van der Waals surface area contributed by atoms with Gasteiger partial charge >= 0.3 is 0 Å². The molecule has 0 atom stereocenters. The summed E-state index contributed by atoms with van der Waals surface area (Å²) >= 11 is 0. The van der Waals surface area contributed by atoms with Gasteiger partial charge in [-0.15, -0.1) is 0 Å². The molecule has 1 amide bonds. The number of amides is 1. The van der Waals surface area contributed by atoms with Crippen molar-refractivity contribution in [3.05, 3.63) is 59.9 Å². The van der Waals surface area contributed by atoms with Crippen molar-refractivity contribution in [3.8, 4) is 0 Å². The van der Waals surface area contributed by atoms with Gasteiger partial charge in [-0.25, -0.2) is 4.98 Å². The number of nitrogens with one attached hydrogen (secondary N) is 1. The van der Waals surface area contributed by atoms with Crippen molar-refractivity contribution in [3.63, 3.8) is 0 Å². The van der Waals surface area contributed by atoms with Gasteiger partial charge in [0.05, 0.1) is 11.9 Å². The standard InChI is InChI=1S/C21H27N3O/c1-2-24(16-17-9-5-3-6-10-17)21(25)20-14-13-19(15-22-20)23-18-11-7-4-8-12-18/h3,5-6,9-10,13-15,18,23H,2,4,7-8,11-12,16H2,1H3. The van der Waals surface area contributed by atoms with Gasteiger partial charge < -0.3 is 10.2 Å². The third-order valence-electron chi connectivity index (χ3n) is 4.84. The number of pyridine rings is 1. The first-order chi connectivity index (χ1) is 12.3. The van der Waals surface area contributed by atoms with Crippen LogP contribution < -0.4 is 5.32 Å².